The van der Waals surface area contributed by atoms with Gasteiger partial charge in [-0.2, -0.15) is 0 Å². The van der Waals surface area contributed by atoms with Gasteiger partial charge >= 0.3 is 0 Å². The first-order chi connectivity index (χ1) is 6.40. The maximum absolute atomic E-state index is 4.93. The lowest BCUT2D eigenvalue weighted by atomic mass is 10.4. The van der Waals surface area contributed by atoms with E-state index >= 15 is 0 Å². The third kappa shape index (κ3) is 1.81. The van der Waals surface area contributed by atoms with Crippen LogP contribution in [0.15, 0.2) is 6.20 Å². The summed E-state index contributed by atoms with van der Waals surface area (Å²) in [6, 6.07) is 0. The molecule has 0 aromatic carbocycles. The third-order valence-corrected chi connectivity index (χ3v) is 2.31. The highest BCUT2D eigenvalue weighted by atomic mass is 32.1. The highest BCUT2D eigenvalue weighted by molar-refractivity contribution is 7.16. The van der Waals surface area contributed by atoms with Gasteiger partial charge in [0.2, 0.25) is 0 Å². The van der Waals surface area contributed by atoms with E-state index in [2.05, 4.69) is 20.5 Å². The second-order valence-electron chi connectivity index (χ2n) is 2.52. The number of hydrogen-bond acceptors (Lipinski definition) is 5. The molecule has 13 heavy (non-hydrogen) atoms. The average molecular weight is 194 g/mol. The third-order valence-electron chi connectivity index (χ3n) is 1.62. The van der Waals surface area contributed by atoms with Crippen molar-refractivity contribution in [1.29, 1.82) is 0 Å². The van der Waals surface area contributed by atoms with E-state index in [0.29, 0.717) is 6.61 Å². The number of thiazole rings is 1. The molecule has 2 heterocycles. The van der Waals surface area contributed by atoms with E-state index in [9.17, 15) is 0 Å². The minimum atomic E-state index is 0.638. The normalized spacial score (nSPS) is 10.8. The standard InChI is InChI=1S/C8H8N3OS/c1-12-3-2-7-9-4-6-8(11-7)10-5-13-6/h4H,2-3H2,1H3. The largest absolute Gasteiger partial charge is 0.384 e. The lowest BCUT2D eigenvalue weighted by molar-refractivity contribution is 0.200. The predicted octanol–water partition coefficient (Wildman–Crippen LogP) is 1.08. The predicted molar refractivity (Wildman–Crippen MR) is 49.6 cm³/mol. The fourth-order valence-corrected chi connectivity index (χ4v) is 1.50. The smallest absolute Gasteiger partial charge is 0.174 e. The molecule has 0 amide bonds. The maximum atomic E-state index is 4.93. The molecule has 0 unspecified atom stereocenters. The van der Waals surface area contributed by atoms with E-state index < -0.39 is 0 Å². The lowest BCUT2D eigenvalue weighted by Gasteiger charge is -1.97. The molecule has 67 valence electrons. The van der Waals surface area contributed by atoms with Crippen LogP contribution in [0.3, 0.4) is 0 Å². The lowest BCUT2D eigenvalue weighted by Crippen LogP contribution is -1.99. The topological polar surface area (TPSA) is 47.9 Å². The molecular formula is C8H8N3OS. The van der Waals surface area contributed by atoms with E-state index in [4.69, 9.17) is 4.74 Å². The van der Waals surface area contributed by atoms with Crippen LogP contribution >= 0.6 is 11.3 Å². The molecule has 0 aliphatic carbocycles. The van der Waals surface area contributed by atoms with Gasteiger partial charge in [0, 0.05) is 13.5 Å². The highest BCUT2D eigenvalue weighted by Gasteiger charge is 2.01. The Kier molecular flexibility index (Phi) is 2.47. The summed E-state index contributed by atoms with van der Waals surface area (Å²) in [6.07, 6.45) is 2.51. The fourth-order valence-electron chi connectivity index (χ4n) is 0.978. The van der Waals surface area contributed by atoms with Gasteiger partial charge < -0.3 is 4.74 Å². The number of ether oxygens (including phenoxy) is 1. The molecule has 0 atom stereocenters. The molecule has 2 aromatic heterocycles. The van der Waals surface area contributed by atoms with E-state index in [1.807, 2.05) is 0 Å². The van der Waals surface area contributed by atoms with Crippen LogP contribution in [0.4, 0.5) is 0 Å². The number of hydrogen-bond donors (Lipinski definition) is 0. The molecule has 1 radical (unpaired) electrons. The maximum Gasteiger partial charge on any atom is 0.174 e. The summed E-state index contributed by atoms with van der Waals surface area (Å²) in [5, 5.41) is 0. The van der Waals surface area contributed by atoms with Gasteiger partial charge in [-0.1, -0.05) is 0 Å². The number of nitrogens with zero attached hydrogens (tertiary/aromatic N) is 3. The zero-order chi connectivity index (χ0) is 9.10. The second-order valence-corrected chi connectivity index (χ2v) is 3.35. The Morgan fingerprint density at radius 3 is 3.38 bits per heavy atom. The van der Waals surface area contributed by atoms with Gasteiger partial charge in [-0.3, -0.25) is 0 Å². The summed E-state index contributed by atoms with van der Waals surface area (Å²) in [5.41, 5.74) is 3.51. The Labute approximate surface area is 79.6 Å². The van der Waals surface area contributed by atoms with Crippen molar-refractivity contribution >= 4 is 21.7 Å². The Bertz CT molecular complexity index is 401. The van der Waals surface area contributed by atoms with Crippen molar-refractivity contribution in [1.82, 2.24) is 15.0 Å². The molecule has 5 heteroatoms. The summed E-state index contributed by atoms with van der Waals surface area (Å²) in [7, 11) is 1.66. The molecule has 0 spiro atoms. The zero-order valence-electron chi connectivity index (χ0n) is 7.15. The van der Waals surface area contributed by atoms with Crippen LogP contribution in [-0.2, 0) is 11.2 Å². The van der Waals surface area contributed by atoms with Crippen molar-refractivity contribution in [3.05, 3.63) is 17.5 Å². The Balaban J connectivity index is 2.26. The number of rotatable bonds is 3. The van der Waals surface area contributed by atoms with Crippen molar-refractivity contribution in [3.63, 3.8) is 0 Å². The molecule has 4 nitrogen and oxygen atoms in total. The van der Waals surface area contributed by atoms with E-state index in [1.54, 1.807) is 13.3 Å². The summed E-state index contributed by atoms with van der Waals surface area (Å²) in [5.74, 6) is 0.772. The van der Waals surface area contributed by atoms with E-state index in [0.717, 1.165) is 22.6 Å². The molecule has 0 saturated heterocycles. The minimum absolute atomic E-state index is 0.638. The van der Waals surface area contributed by atoms with Crippen molar-refractivity contribution in [3.8, 4) is 0 Å². The molecule has 0 aliphatic rings. The van der Waals surface area contributed by atoms with Crippen LogP contribution < -0.4 is 0 Å². The van der Waals surface area contributed by atoms with Gasteiger partial charge in [0.25, 0.3) is 0 Å². The number of aromatic nitrogens is 3. The average Bonchev–Trinajstić information content (AvgIpc) is 2.61. The first-order valence-electron chi connectivity index (χ1n) is 3.87. The molecule has 2 aromatic rings. The summed E-state index contributed by atoms with van der Waals surface area (Å²) < 4.78 is 5.91. The van der Waals surface area contributed by atoms with Crippen LogP contribution in [0.5, 0.6) is 0 Å². The van der Waals surface area contributed by atoms with Gasteiger partial charge in [-0.15, -0.1) is 11.3 Å². The van der Waals surface area contributed by atoms with Crippen molar-refractivity contribution in [2.45, 2.75) is 6.42 Å². The molecule has 0 saturated carbocycles. The van der Waals surface area contributed by atoms with Crippen LogP contribution in [0.25, 0.3) is 10.3 Å². The monoisotopic (exact) mass is 194 g/mol. The Morgan fingerprint density at radius 2 is 2.54 bits per heavy atom. The molecule has 0 fully saturated rings. The summed E-state index contributed by atoms with van der Waals surface area (Å²) in [4.78, 5) is 12.4. The van der Waals surface area contributed by atoms with Crippen molar-refractivity contribution < 1.29 is 4.74 Å². The Morgan fingerprint density at radius 1 is 1.62 bits per heavy atom. The first kappa shape index (κ1) is 8.52. The van der Waals surface area contributed by atoms with Crippen molar-refractivity contribution in [2.75, 3.05) is 13.7 Å². The Hall–Kier alpha value is -1.07. The first-order valence-corrected chi connectivity index (χ1v) is 4.69. The fraction of sp³-hybridized carbons (Fsp3) is 0.375. The van der Waals surface area contributed by atoms with E-state index in [1.165, 1.54) is 11.3 Å². The molecule has 0 N–H and O–H groups in total. The zero-order valence-corrected chi connectivity index (χ0v) is 7.97. The summed E-state index contributed by atoms with van der Waals surface area (Å²) in [6.45, 7) is 0.638. The van der Waals surface area contributed by atoms with E-state index in [-0.39, 0.29) is 0 Å². The number of methoxy groups -OCH3 is 1. The highest BCUT2D eigenvalue weighted by Crippen LogP contribution is 2.13. The van der Waals surface area contributed by atoms with Crippen LogP contribution in [0, 0.1) is 5.51 Å². The van der Waals surface area contributed by atoms with Crippen LogP contribution in [0.1, 0.15) is 5.82 Å². The quantitative estimate of drug-likeness (QED) is 0.733. The molecule has 0 aliphatic heterocycles. The van der Waals surface area contributed by atoms with Crippen LogP contribution in [0.2, 0.25) is 0 Å². The SMILES string of the molecule is COCCc1ncc2s[c]nc2n1. The minimum Gasteiger partial charge on any atom is -0.384 e. The molecule has 2 rings (SSSR count). The second kappa shape index (κ2) is 3.76. The summed E-state index contributed by atoms with van der Waals surface area (Å²) >= 11 is 1.43. The van der Waals surface area contributed by atoms with Crippen LogP contribution in [-0.4, -0.2) is 28.7 Å². The molecular weight excluding hydrogens is 186 g/mol. The van der Waals surface area contributed by atoms with Gasteiger partial charge in [0.15, 0.2) is 11.2 Å². The van der Waals surface area contributed by atoms with Gasteiger partial charge in [-0.05, 0) is 0 Å². The number of fused-ring (bicyclic) bond motifs is 1. The van der Waals surface area contributed by atoms with Gasteiger partial charge in [0.1, 0.15) is 5.82 Å². The van der Waals surface area contributed by atoms with Gasteiger partial charge in [0.05, 0.1) is 17.5 Å². The molecule has 0 bridgehead atoms. The van der Waals surface area contributed by atoms with Crippen molar-refractivity contribution in [2.24, 2.45) is 0 Å². The van der Waals surface area contributed by atoms with Gasteiger partial charge in [-0.25, -0.2) is 15.0 Å².